The van der Waals surface area contributed by atoms with Gasteiger partial charge in [-0.05, 0) is 55.9 Å². The second-order valence-corrected chi connectivity index (χ2v) is 6.82. The summed E-state index contributed by atoms with van der Waals surface area (Å²) in [7, 11) is 0. The summed E-state index contributed by atoms with van der Waals surface area (Å²) in [6.07, 6.45) is 12.3. The summed E-state index contributed by atoms with van der Waals surface area (Å²) >= 11 is 0. The predicted octanol–water partition coefficient (Wildman–Crippen LogP) is 4.21. The smallest absolute Gasteiger partial charge is 0.223 e. The first-order chi connectivity index (χ1) is 10.8. The van der Waals surface area contributed by atoms with E-state index in [9.17, 15) is 4.79 Å². The minimum atomic E-state index is 0.373. The minimum Gasteiger partial charge on any atom is -0.343 e. The maximum absolute atomic E-state index is 12.3. The summed E-state index contributed by atoms with van der Waals surface area (Å²) in [5.41, 5.74) is 1.44. The highest BCUT2D eigenvalue weighted by Crippen LogP contribution is 2.25. The Kier molecular flexibility index (Phi) is 5.31. The fraction of sp³-hybridized carbons (Fsp3) is 0.550. The summed E-state index contributed by atoms with van der Waals surface area (Å²) in [5.74, 6) is 1.66. The first-order valence-electron chi connectivity index (χ1n) is 8.79. The number of hydrogen-bond acceptors (Lipinski definition) is 1. The minimum absolute atomic E-state index is 0.373. The van der Waals surface area contributed by atoms with Crippen LogP contribution in [0.2, 0.25) is 0 Å². The second kappa shape index (κ2) is 7.62. The molecule has 1 fully saturated rings. The molecule has 0 saturated carbocycles. The third-order valence-electron chi connectivity index (χ3n) is 5.20. The van der Waals surface area contributed by atoms with Gasteiger partial charge < -0.3 is 4.90 Å². The number of amides is 1. The zero-order valence-electron chi connectivity index (χ0n) is 13.4. The number of allylic oxidation sites excluding steroid dienone is 2. The lowest BCUT2D eigenvalue weighted by Gasteiger charge is -2.32. The molecular weight excluding hydrogens is 270 g/mol. The van der Waals surface area contributed by atoms with Crippen LogP contribution >= 0.6 is 0 Å². The maximum Gasteiger partial charge on any atom is 0.223 e. The van der Waals surface area contributed by atoms with Crippen molar-refractivity contribution in [3.63, 3.8) is 0 Å². The van der Waals surface area contributed by atoms with Gasteiger partial charge in [0, 0.05) is 19.5 Å². The van der Waals surface area contributed by atoms with Crippen LogP contribution < -0.4 is 0 Å². The molecule has 3 rings (SSSR count). The van der Waals surface area contributed by atoms with Crippen molar-refractivity contribution < 1.29 is 4.79 Å². The molecule has 2 heteroatoms. The second-order valence-electron chi connectivity index (χ2n) is 6.82. The lowest BCUT2D eigenvalue weighted by atomic mass is 9.90. The van der Waals surface area contributed by atoms with Gasteiger partial charge in [-0.1, -0.05) is 42.5 Å². The Bertz CT molecular complexity index is 500. The van der Waals surface area contributed by atoms with Gasteiger partial charge in [0.15, 0.2) is 0 Å². The van der Waals surface area contributed by atoms with Gasteiger partial charge in [-0.2, -0.15) is 0 Å². The molecule has 1 saturated heterocycles. The van der Waals surface area contributed by atoms with Crippen molar-refractivity contribution >= 4 is 5.91 Å². The van der Waals surface area contributed by atoms with Gasteiger partial charge in [0.2, 0.25) is 5.91 Å². The van der Waals surface area contributed by atoms with Crippen molar-refractivity contribution in [2.75, 3.05) is 13.1 Å². The largest absolute Gasteiger partial charge is 0.343 e. The average molecular weight is 297 g/mol. The number of carbonyl (C=O) groups is 1. The number of nitrogens with zero attached hydrogens (tertiary/aromatic N) is 1. The number of likely N-dealkylation sites (tertiary alicyclic amines) is 1. The SMILES string of the molecule is O=C(C[C@H]1C=CCC1)N1CCC(CCc2ccccc2)CC1. The lowest BCUT2D eigenvalue weighted by molar-refractivity contribution is -0.133. The Labute approximate surface area is 134 Å². The Morgan fingerprint density at radius 1 is 1.09 bits per heavy atom. The molecular formula is C20H27NO. The quantitative estimate of drug-likeness (QED) is 0.745. The van der Waals surface area contributed by atoms with Gasteiger partial charge in [-0.15, -0.1) is 0 Å². The number of benzene rings is 1. The molecule has 0 N–H and O–H groups in total. The fourth-order valence-corrected chi connectivity index (χ4v) is 3.71. The average Bonchev–Trinajstić information content (AvgIpc) is 3.07. The molecule has 0 spiro atoms. The number of rotatable bonds is 5. The van der Waals surface area contributed by atoms with E-state index in [1.165, 1.54) is 37.7 Å². The monoisotopic (exact) mass is 297 g/mol. The van der Waals surface area contributed by atoms with Gasteiger partial charge >= 0.3 is 0 Å². The first-order valence-corrected chi connectivity index (χ1v) is 8.79. The molecule has 0 unspecified atom stereocenters. The zero-order valence-corrected chi connectivity index (χ0v) is 13.4. The molecule has 0 radical (unpaired) electrons. The van der Waals surface area contributed by atoms with E-state index >= 15 is 0 Å². The van der Waals surface area contributed by atoms with Crippen molar-refractivity contribution in [1.29, 1.82) is 0 Å². The molecule has 1 aliphatic carbocycles. The van der Waals surface area contributed by atoms with Gasteiger partial charge in [0.05, 0.1) is 0 Å². The van der Waals surface area contributed by atoms with Crippen molar-refractivity contribution in [1.82, 2.24) is 4.90 Å². The van der Waals surface area contributed by atoms with Crippen molar-refractivity contribution in [3.8, 4) is 0 Å². The van der Waals surface area contributed by atoms with Crippen molar-refractivity contribution in [2.24, 2.45) is 11.8 Å². The van der Waals surface area contributed by atoms with E-state index in [0.717, 1.165) is 31.8 Å². The van der Waals surface area contributed by atoms with Crippen molar-refractivity contribution in [2.45, 2.75) is 44.9 Å². The van der Waals surface area contributed by atoms with Crippen LogP contribution in [-0.4, -0.2) is 23.9 Å². The molecule has 0 bridgehead atoms. The van der Waals surface area contributed by atoms with E-state index in [-0.39, 0.29) is 0 Å². The topological polar surface area (TPSA) is 20.3 Å². The molecule has 1 heterocycles. The van der Waals surface area contributed by atoms with Gasteiger partial charge in [0.1, 0.15) is 0 Å². The first kappa shape index (κ1) is 15.3. The van der Waals surface area contributed by atoms with Crippen LogP contribution in [-0.2, 0) is 11.2 Å². The van der Waals surface area contributed by atoms with Gasteiger partial charge in [0.25, 0.3) is 0 Å². The summed E-state index contributed by atoms with van der Waals surface area (Å²) < 4.78 is 0. The molecule has 1 amide bonds. The number of aryl methyl sites for hydroxylation is 1. The van der Waals surface area contributed by atoms with Crippen molar-refractivity contribution in [3.05, 3.63) is 48.0 Å². The Morgan fingerprint density at radius 2 is 1.86 bits per heavy atom. The molecule has 1 atom stereocenters. The summed E-state index contributed by atoms with van der Waals surface area (Å²) in [5, 5.41) is 0. The van der Waals surface area contributed by atoms with Crippen LogP contribution in [0.4, 0.5) is 0 Å². The van der Waals surface area contributed by atoms with E-state index in [1.807, 2.05) is 0 Å². The number of piperidine rings is 1. The van der Waals surface area contributed by atoms with E-state index in [1.54, 1.807) is 0 Å². The molecule has 2 nitrogen and oxygen atoms in total. The summed E-state index contributed by atoms with van der Waals surface area (Å²) in [6.45, 7) is 1.93. The number of hydrogen-bond donors (Lipinski definition) is 0. The summed E-state index contributed by atoms with van der Waals surface area (Å²) in [6, 6.07) is 10.7. The van der Waals surface area contributed by atoms with E-state index < -0.39 is 0 Å². The standard InChI is InChI=1S/C20H27NO/c22-20(16-19-8-4-5-9-19)21-14-12-18(13-15-21)11-10-17-6-2-1-3-7-17/h1-4,6-8,18-19H,5,9-16H2/t19-/m0/s1. The lowest BCUT2D eigenvalue weighted by Crippen LogP contribution is -2.39. The van der Waals surface area contributed by atoms with Crippen LogP contribution in [0.15, 0.2) is 42.5 Å². The van der Waals surface area contributed by atoms with Gasteiger partial charge in [-0.3, -0.25) is 4.79 Å². The van der Waals surface area contributed by atoms with Crippen LogP contribution in [0.5, 0.6) is 0 Å². The third-order valence-corrected chi connectivity index (χ3v) is 5.20. The maximum atomic E-state index is 12.3. The molecule has 1 aromatic rings. The third kappa shape index (κ3) is 4.22. The Balaban J connectivity index is 1.38. The zero-order chi connectivity index (χ0) is 15.2. The fourth-order valence-electron chi connectivity index (χ4n) is 3.71. The van der Waals surface area contributed by atoms with Gasteiger partial charge in [-0.25, -0.2) is 0 Å². The summed E-state index contributed by atoms with van der Waals surface area (Å²) in [4.78, 5) is 14.4. The van der Waals surface area contributed by atoms with E-state index in [0.29, 0.717) is 11.8 Å². The number of carbonyl (C=O) groups excluding carboxylic acids is 1. The predicted molar refractivity (Wildman–Crippen MR) is 90.5 cm³/mol. The Morgan fingerprint density at radius 3 is 2.55 bits per heavy atom. The Hall–Kier alpha value is -1.57. The van der Waals surface area contributed by atoms with Crippen LogP contribution in [0.1, 0.15) is 44.1 Å². The molecule has 22 heavy (non-hydrogen) atoms. The molecule has 1 aliphatic heterocycles. The van der Waals surface area contributed by atoms with E-state index in [4.69, 9.17) is 0 Å². The highest BCUT2D eigenvalue weighted by Gasteiger charge is 2.24. The highest BCUT2D eigenvalue weighted by atomic mass is 16.2. The molecule has 1 aromatic carbocycles. The normalized spacial score (nSPS) is 22.2. The van der Waals surface area contributed by atoms with Crippen LogP contribution in [0.3, 0.4) is 0 Å². The molecule has 118 valence electrons. The van der Waals surface area contributed by atoms with Crippen LogP contribution in [0.25, 0.3) is 0 Å². The molecule has 2 aliphatic rings. The highest BCUT2D eigenvalue weighted by molar-refractivity contribution is 5.76. The van der Waals surface area contributed by atoms with Crippen LogP contribution in [0, 0.1) is 11.8 Å². The molecule has 0 aromatic heterocycles. The van der Waals surface area contributed by atoms with E-state index in [2.05, 4.69) is 47.4 Å².